The highest BCUT2D eigenvalue weighted by Gasteiger charge is 2.05. The molecule has 0 aliphatic rings. The van der Waals surface area contributed by atoms with E-state index in [1.54, 1.807) is 7.11 Å². The number of benzene rings is 3. The van der Waals surface area contributed by atoms with Crippen LogP contribution in [0.3, 0.4) is 0 Å². The Labute approximate surface area is 184 Å². The summed E-state index contributed by atoms with van der Waals surface area (Å²) in [5, 5.41) is 13.7. The molecule has 3 aromatic rings. The summed E-state index contributed by atoms with van der Waals surface area (Å²) in [4.78, 5) is 12.1. The van der Waals surface area contributed by atoms with Crippen molar-refractivity contribution in [2.24, 2.45) is 0 Å². The maximum atomic E-state index is 12.1. The first-order chi connectivity index (χ1) is 15.1. The lowest BCUT2D eigenvalue weighted by atomic mass is 10.00. The maximum absolute atomic E-state index is 12.1. The van der Waals surface area contributed by atoms with E-state index in [1.807, 2.05) is 43.4 Å². The Hall–Kier alpha value is -3.60. The third-order valence-corrected chi connectivity index (χ3v) is 5.25. The van der Waals surface area contributed by atoms with Crippen LogP contribution in [0.2, 0.25) is 0 Å². The second-order valence-electron chi connectivity index (χ2n) is 7.37. The molecule has 3 N–H and O–H groups in total. The molecule has 0 saturated heterocycles. The van der Waals surface area contributed by atoms with Gasteiger partial charge in [0.25, 0.3) is 0 Å². The van der Waals surface area contributed by atoms with Gasteiger partial charge in [0.15, 0.2) is 0 Å². The topological polar surface area (TPSA) is 74.2 Å². The second-order valence-corrected chi connectivity index (χ2v) is 7.37. The minimum atomic E-state index is 0.0348. The summed E-state index contributed by atoms with van der Waals surface area (Å²) in [5.41, 5.74) is 6.26. The Bertz CT molecular complexity index is 1010. The number of amides is 1. The summed E-state index contributed by atoms with van der Waals surface area (Å²) in [5.74, 6) is 0.827. The molecule has 1 amide bonds. The van der Waals surface area contributed by atoms with Gasteiger partial charge in [-0.2, -0.15) is 0 Å². The molecule has 0 aromatic heterocycles. The Morgan fingerprint density at radius 3 is 2.29 bits per heavy atom. The van der Waals surface area contributed by atoms with Crippen LogP contribution in [0.4, 0.5) is 5.69 Å². The number of carbonyl (C=O) groups excluding carboxylic acids is 1. The van der Waals surface area contributed by atoms with Gasteiger partial charge < -0.3 is 20.8 Å². The Morgan fingerprint density at radius 2 is 1.65 bits per heavy atom. The number of methoxy groups -OCH3 is 1. The summed E-state index contributed by atoms with van der Waals surface area (Å²) in [6.07, 6.45) is 3.55. The van der Waals surface area contributed by atoms with Crippen LogP contribution >= 0.6 is 0 Å². The van der Waals surface area contributed by atoms with E-state index in [1.165, 1.54) is 11.8 Å². The van der Waals surface area contributed by atoms with E-state index < -0.39 is 0 Å². The SMILES string of the molecule is CNc1ccc(-c2ccc(CCCNC(=O)Cc3ccc(OC)cc3)cc2)cc1C=N. The number of hydrogen-bond acceptors (Lipinski definition) is 4. The molecule has 0 bridgehead atoms. The van der Waals surface area contributed by atoms with E-state index in [-0.39, 0.29) is 5.91 Å². The molecule has 0 fully saturated rings. The molecule has 3 rings (SSSR count). The van der Waals surface area contributed by atoms with E-state index >= 15 is 0 Å². The van der Waals surface area contributed by atoms with E-state index in [0.717, 1.165) is 46.5 Å². The lowest BCUT2D eigenvalue weighted by molar-refractivity contribution is -0.120. The molecule has 5 heteroatoms. The van der Waals surface area contributed by atoms with Gasteiger partial charge in [-0.15, -0.1) is 0 Å². The highest BCUT2D eigenvalue weighted by Crippen LogP contribution is 2.25. The van der Waals surface area contributed by atoms with Gasteiger partial charge >= 0.3 is 0 Å². The summed E-state index contributed by atoms with van der Waals surface area (Å²) >= 11 is 0. The Morgan fingerprint density at radius 1 is 0.968 bits per heavy atom. The standard InChI is InChI=1S/C26H29N3O2/c1-28-25-14-11-22(17-23(25)18-27)21-9-5-19(6-10-21)4-3-15-29-26(30)16-20-7-12-24(31-2)13-8-20/h5-14,17-18,27-28H,3-4,15-16H2,1-2H3,(H,29,30). The average molecular weight is 416 g/mol. The van der Waals surface area contributed by atoms with E-state index in [4.69, 9.17) is 10.1 Å². The van der Waals surface area contributed by atoms with Crippen molar-refractivity contribution in [2.45, 2.75) is 19.3 Å². The van der Waals surface area contributed by atoms with Gasteiger partial charge in [0.1, 0.15) is 5.75 Å². The molecule has 0 unspecified atom stereocenters. The van der Waals surface area contributed by atoms with Crippen LogP contribution in [-0.4, -0.2) is 32.8 Å². The molecule has 0 atom stereocenters. The lowest BCUT2D eigenvalue weighted by Gasteiger charge is -2.09. The number of nitrogens with one attached hydrogen (secondary N) is 3. The van der Waals surface area contributed by atoms with Crippen molar-refractivity contribution in [3.05, 3.63) is 83.4 Å². The maximum Gasteiger partial charge on any atom is 0.224 e. The summed E-state index contributed by atoms with van der Waals surface area (Å²) in [6, 6.07) is 22.1. The Kier molecular flexibility index (Phi) is 7.82. The lowest BCUT2D eigenvalue weighted by Crippen LogP contribution is -2.26. The fraction of sp³-hybridized carbons (Fsp3) is 0.231. The van der Waals surface area contributed by atoms with Gasteiger partial charge in [0.2, 0.25) is 5.91 Å². The van der Waals surface area contributed by atoms with Crippen LogP contribution in [0.5, 0.6) is 5.75 Å². The quantitative estimate of drug-likeness (QED) is 0.332. The molecule has 0 spiro atoms. The van der Waals surface area contributed by atoms with Crippen LogP contribution in [0.1, 0.15) is 23.1 Å². The van der Waals surface area contributed by atoms with Crippen LogP contribution in [-0.2, 0) is 17.6 Å². The molecule has 0 aliphatic carbocycles. The molecular weight excluding hydrogens is 386 g/mol. The normalized spacial score (nSPS) is 10.4. The molecule has 0 saturated carbocycles. The van der Waals surface area contributed by atoms with Gasteiger partial charge in [-0.3, -0.25) is 4.79 Å². The summed E-state index contributed by atoms with van der Waals surface area (Å²) in [6.45, 7) is 0.658. The van der Waals surface area contributed by atoms with Crippen molar-refractivity contribution in [3.8, 4) is 16.9 Å². The largest absolute Gasteiger partial charge is 0.497 e. The van der Waals surface area contributed by atoms with Crippen molar-refractivity contribution in [1.29, 1.82) is 5.41 Å². The highest BCUT2D eigenvalue weighted by atomic mass is 16.5. The number of hydrogen-bond donors (Lipinski definition) is 3. The Balaban J connectivity index is 1.46. The number of rotatable bonds is 10. The first-order valence-corrected chi connectivity index (χ1v) is 10.4. The van der Waals surface area contributed by atoms with Crippen molar-refractivity contribution in [1.82, 2.24) is 5.32 Å². The van der Waals surface area contributed by atoms with Crippen LogP contribution in [0.25, 0.3) is 11.1 Å². The average Bonchev–Trinajstić information content (AvgIpc) is 2.82. The van der Waals surface area contributed by atoms with Gasteiger partial charge in [-0.25, -0.2) is 0 Å². The summed E-state index contributed by atoms with van der Waals surface area (Å²) < 4.78 is 5.14. The van der Waals surface area contributed by atoms with E-state index in [0.29, 0.717) is 13.0 Å². The van der Waals surface area contributed by atoms with Crippen molar-refractivity contribution >= 4 is 17.8 Å². The zero-order chi connectivity index (χ0) is 22.1. The third-order valence-electron chi connectivity index (χ3n) is 5.25. The molecule has 3 aromatic carbocycles. The first kappa shape index (κ1) is 22.1. The van der Waals surface area contributed by atoms with Crippen molar-refractivity contribution < 1.29 is 9.53 Å². The molecule has 0 radical (unpaired) electrons. The highest BCUT2D eigenvalue weighted by molar-refractivity contribution is 5.88. The number of ether oxygens (including phenoxy) is 1. The predicted octanol–water partition coefficient (Wildman–Crippen LogP) is 4.69. The monoisotopic (exact) mass is 415 g/mol. The molecule has 0 heterocycles. The van der Waals surface area contributed by atoms with E-state index in [9.17, 15) is 4.79 Å². The summed E-state index contributed by atoms with van der Waals surface area (Å²) in [7, 11) is 3.49. The van der Waals surface area contributed by atoms with Gasteiger partial charge in [0.05, 0.1) is 13.5 Å². The van der Waals surface area contributed by atoms with Gasteiger partial charge in [-0.1, -0.05) is 42.5 Å². The van der Waals surface area contributed by atoms with Crippen LogP contribution in [0.15, 0.2) is 66.7 Å². The van der Waals surface area contributed by atoms with Crippen molar-refractivity contribution in [2.75, 3.05) is 26.0 Å². The molecule has 31 heavy (non-hydrogen) atoms. The number of anilines is 1. The van der Waals surface area contributed by atoms with Crippen LogP contribution < -0.4 is 15.4 Å². The fourth-order valence-corrected chi connectivity index (χ4v) is 3.46. The molecule has 160 valence electrons. The minimum absolute atomic E-state index is 0.0348. The molecular formula is C26H29N3O2. The predicted molar refractivity (Wildman–Crippen MR) is 127 cm³/mol. The van der Waals surface area contributed by atoms with Gasteiger partial charge in [0, 0.05) is 31.1 Å². The second kappa shape index (κ2) is 11.0. The molecule has 5 nitrogen and oxygen atoms in total. The van der Waals surface area contributed by atoms with Crippen molar-refractivity contribution in [3.63, 3.8) is 0 Å². The van der Waals surface area contributed by atoms with Gasteiger partial charge in [-0.05, 0) is 59.4 Å². The zero-order valence-electron chi connectivity index (χ0n) is 18.1. The number of carbonyl (C=O) groups is 1. The third kappa shape index (κ3) is 6.19. The number of aryl methyl sites for hydroxylation is 1. The smallest absolute Gasteiger partial charge is 0.224 e. The first-order valence-electron chi connectivity index (χ1n) is 10.4. The zero-order valence-corrected chi connectivity index (χ0v) is 18.1. The van der Waals surface area contributed by atoms with E-state index in [2.05, 4.69) is 41.0 Å². The fourth-order valence-electron chi connectivity index (χ4n) is 3.46. The molecule has 0 aliphatic heterocycles. The van der Waals surface area contributed by atoms with Crippen LogP contribution in [0, 0.1) is 5.41 Å². The minimum Gasteiger partial charge on any atom is -0.497 e.